The molecule has 3 atom stereocenters. The van der Waals surface area contributed by atoms with Crippen molar-refractivity contribution in [3.8, 4) is 0 Å². The van der Waals surface area contributed by atoms with Gasteiger partial charge in [0.2, 0.25) is 0 Å². The van der Waals surface area contributed by atoms with E-state index in [1.807, 2.05) is 0 Å². The number of piperidine rings is 1. The van der Waals surface area contributed by atoms with Gasteiger partial charge in [0.1, 0.15) is 22.7 Å². The van der Waals surface area contributed by atoms with E-state index >= 15 is 0 Å². The molecule has 0 radical (unpaired) electrons. The maximum absolute atomic E-state index is 14.8. The Kier molecular flexibility index (Phi) is 5.75. The van der Waals surface area contributed by atoms with Crippen LogP contribution in [0, 0.1) is 11.6 Å². The largest absolute Gasteiger partial charge is 0.387 e. The zero-order valence-corrected chi connectivity index (χ0v) is 18.7. The Morgan fingerprint density at radius 2 is 2.00 bits per heavy atom. The molecule has 174 valence electrons. The highest BCUT2D eigenvalue weighted by molar-refractivity contribution is 8.02. The average molecular weight is 474 g/mol. The molecule has 1 aromatic carbocycles. The van der Waals surface area contributed by atoms with Gasteiger partial charge in [0, 0.05) is 30.1 Å². The first-order valence-electron chi connectivity index (χ1n) is 11.0. The molecular formula is C23H25F2N5O2S. The molecule has 0 spiro atoms. The molecule has 1 aliphatic carbocycles. The number of aromatic nitrogens is 1. The number of hydrogen-bond acceptors (Lipinski definition) is 7. The molecule has 10 heteroatoms. The molecule has 0 bridgehead atoms. The molecule has 2 aliphatic heterocycles. The number of carbonyl (C=O) groups is 1. The van der Waals surface area contributed by atoms with Gasteiger partial charge in [-0.05, 0) is 37.8 Å². The SMILES string of the molecule is NC(=O)C1=CSC(c2c(F)cccc2F)N1c1cnc2c(c1N1CCC[C@H](N)C1)CC[C@@H]2O. The smallest absolute Gasteiger partial charge is 0.265 e. The van der Waals surface area contributed by atoms with Crippen LogP contribution < -0.4 is 21.3 Å². The second kappa shape index (κ2) is 8.58. The highest BCUT2D eigenvalue weighted by Gasteiger charge is 2.40. The Morgan fingerprint density at radius 1 is 1.24 bits per heavy atom. The Morgan fingerprint density at radius 3 is 2.70 bits per heavy atom. The number of aliphatic hydroxyl groups is 1. The fourth-order valence-corrected chi connectivity index (χ4v) is 6.19. The monoisotopic (exact) mass is 473 g/mol. The predicted octanol–water partition coefficient (Wildman–Crippen LogP) is 2.85. The molecule has 0 saturated carbocycles. The molecule has 2 aromatic rings. The van der Waals surface area contributed by atoms with Crippen LogP contribution in [-0.2, 0) is 11.2 Å². The van der Waals surface area contributed by atoms with Crippen molar-refractivity contribution in [2.75, 3.05) is 22.9 Å². The lowest BCUT2D eigenvalue weighted by Crippen LogP contribution is -2.44. The Labute approximate surface area is 194 Å². The highest BCUT2D eigenvalue weighted by Crippen LogP contribution is 2.51. The van der Waals surface area contributed by atoms with Crippen molar-refractivity contribution in [1.82, 2.24) is 4.98 Å². The van der Waals surface area contributed by atoms with Gasteiger partial charge in [-0.15, -0.1) is 11.8 Å². The number of hydrogen-bond donors (Lipinski definition) is 3. The van der Waals surface area contributed by atoms with E-state index in [9.17, 15) is 18.7 Å². The Bertz CT molecular complexity index is 1120. The van der Waals surface area contributed by atoms with Gasteiger partial charge in [-0.25, -0.2) is 8.78 Å². The van der Waals surface area contributed by atoms with E-state index in [1.54, 1.807) is 11.1 Å². The first-order chi connectivity index (χ1) is 15.9. The molecule has 1 unspecified atom stereocenters. The van der Waals surface area contributed by atoms with Gasteiger partial charge in [-0.3, -0.25) is 9.78 Å². The van der Waals surface area contributed by atoms with E-state index in [-0.39, 0.29) is 17.3 Å². The first-order valence-corrected chi connectivity index (χ1v) is 11.9. The number of aliphatic hydroxyl groups excluding tert-OH is 1. The van der Waals surface area contributed by atoms with Crippen LogP contribution in [0.1, 0.15) is 47.6 Å². The Hall–Kier alpha value is -2.69. The maximum atomic E-state index is 14.8. The van der Waals surface area contributed by atoms with Gasteiger partial charge in [0.15, 0.2) is 0 Å². The number of nitrogens with two attached hydrogens (primary N) is 2. The van der Waals surface area contributed by atoms with Crippen LogP contribution in [0.2, 0.25) is 0 Å². The summed E-state index contributed by atoms with van der Waals surface area (Å²) >= 11 is 1.12. The standard InChI is InChI=1S/C23H25F2N5O2S/c24-14-4-1-5-15(25)19(14)23-30(17(11-33-23)22(27)32)16-9-28-20-13(6-7-18(20)31)21(16)29-8-2-3-12(26)10-29/h1,4-5,9,11-12,18,23,31H,2-3,6-8,10,26H2,(H2,27,32)/t12-,18-,23?/m0/s1. The summed E-state index contributed by atoms with van der Waals surface area (Å²) in [5.41, 5.74) is 14.7. The third-order valence-electron chi connectivity index (χ3n) is 6.48. The second-order valence-electron chi connectivity index (χ2n) is 8.62. The third kappa shape index (κ3) is 3.75. The summed E-state index contributed by atoms with van der Waals surface area (Å²) in [6.45, 7) is 1.33. The van der Waals surface area contributed by atoms with Crippen LogP contribution in [0.25, 0.3) is 0 Å². The molecule has 33 heavy (non-hydrogen) atoms. The summed E-state index contributed by atoms with van der Waals surface area (Å²) < 4.78 is 29.6. The molecule has 1 amide bonds. The van der Waals surface area contributed by atoms with Crippen LogP contribution in [0.3, 0.4) is 0 Å². The van der Waals surface area contributed by atoms with Crippen molar-refractivity contribution < 1.29 is 18.7 Å². The zero-order chi connectivity index (χ0) is 23.3. The van der Waals surface area contributed by atoms with E-state index in [4.69, 9.17) is 11.5 Å². The number of fused-ring (bicyclic) bond motifs is 1. The molecule has 3 heterocycles. The van der Waals surface area contributed by atoms with Crippen molar-refractivity contribution >= 4 is 29.0 Å². The molecule has 5 N–H and O–H groups in total. The number of halogens is 2. The van der Waals surface area contributed by atoms with Crippen molar-refractivity contribution in [3.05, 3.63) is 64.0 Å². The predicted molar refractivity (Wildman–Crippen MR) is 123 cm³/mol. The number of primary amides is 1. The quantitative estimate of drug-likeness (QED) is 0.627. The fourth-order valence-electron chi connectivity index (χ4n) is 4.99. The average Bonchev–Trinajstić information content (AvgIpc) is 3.37. The first kappa shape index (κ1) is 22.1. The van der Waals surface area contributed by atoms with Crippen LogP contribution in [0.5, 0.6) is 0 Å². The molecular weight excluding hydrogens is 448 g/mol. The zero-order valence-electron chi connectivity index (χ0n) is 17.9. The van der Waals surface area contributed by atoms with Crippen molar-refractivity contribution in [3.63, 3.8) is 0 Å². The fraction of sp³-hybridized carbons (Fsp3) is 0.391. The number of pyridine rings is 1. The summed E-state index contributed by atoms with van der Waals surface area (Å²) in [7, 11) is 0. The number of carbonyl (C=O) groups excluding carboxylic acids is 1. The van der Waals surface area contributed by atoms with Crippen LogP contribution >= 0.6 is 11.8 Å². The minimum absolute atomic E-state index is 0.0272. The normalized spacial score (nSPS) is 24.7. The van der Waals surface area contributed by atoms with E-state index in [0.29, 0.717) is 30.8 Å². The minimum atomic E-state index is -0.878. The minimum Gasteiger partial charge on any atom is -0.387 e. The molecule has 1 saturated heterocycles. The van der Waals surface area contributed by atoms with Crippen LogP contribution in [0.15, 0.2) is 35.5 Å². The van der Waals surface area contributed by atoms with E-state index in [0.717, 1.165) is 42.4 Å². The molecule has 5 rings (SSSR count). The number of benzene rings is 1. The summed E-state index contributed by atoms with van der Waals surface area (Å²) in [6.07, 6.45) is 3.82. The summed E-state index contributed by atoms with van der Waals surface area (Å²) in [5.74, 6) is -2.12. The lowest BCUT2D eigenvalue weighted by Gasteiger charge is -2.38. The van der Waals surface area contributed by atoms with E-state index < -0.39 is 29.0 Å². The van der Waals surface area contributed by atoms with E-state index in [2.05, 4.69) is 9.88 Å². The van der Waals surface area contributed by atoms with Crippen molar-refractivity contribution in [2.24, 2.45) is 11.5 Å². The van der Waals surface area contributed by atoms with Gasteiger partial charge in [-0.2, -0.15) is 0 Å². The molecule has 1 fully saturated rings. The lowest BCUT2D eigenvalue weighted by molar-refractivity contribution is -0.114. The number of amides is 1. The maximum Gasteiger partial charge on any atom is 0.265 e. The van der Waals surface area contributed by atoms with Crippen molar-refractivity contribution in [1.29, 1.82) is 0 Å². The van der Waals surface area contributed by atoms with Gasteiger partial charge in [0.05, 0.1) is 34.9 Å². The van der Waals surface area contributed by atoms with E-state index in [1.165, 1.54) is 23.6 Å². The lowest BCUT2D eigenvalue weighted by atomic mass is 10.0. The second-order valence-corrected chi connectivity index (χ2v) is 9.57. The number of thioether (sulfide) groups is 1. The summed E-state index contributed by atoms with van der Waals surface area (Å²) in [6, 6.07) is 3.67. The van der Waals surface area contributed by atoms with Gasteiger partial charge < -0.3 is 26.4 Å². The van der Waals surface area contributed by atoms with Crippen LogP contribution in [-0.4, -0.2) is 35.1 Å². The van der Waals surface area contributed by atoms with Crippen molar-refractivity contribution in [2.45, 2.75) is 43.2 Å². The molecule has 1 aromatic heterocycles. The van der Waals surface area contributed by atoms with Crippen LogP contribution in [0.4, 0.5) is 20.2 Å². The highest BCUT2D eigenvalue weighted by atomic mass is 32.2. The number of anilines is 2. The van der Waals surface area contributed by atoms with Gasteiger partial charge in [0.25, 0.3) is 5.91 Å². The summed E-state index contributed by atoms with van der Waals surface area (Å²) in [5, 5.41) is 11.1. The number of nitrogens with zero attached hydrogens (tertiary/aromatic N) is 3. The third-order valence-corrected chi connectivity index (χ3v) is 7.55. The molecule has 3 aliphatic rings. The molecule has 7 nitrogen and oxygen atoms in total. The van der Waals surface area contributed by atoms with Gasteiger partial charge >= 0.3 is 0 Å². The summed E-state index contributed by atoms with van der Waals surface area (Å²) in [4.78, 5) is 20.6. The van der Waals surface area contributed by atoms with Gasteiger partial charge in [-0.1, -0.05) is 6.07 Å². The Balaban J connectivity index is 1.70. The number of rotatable bonds is 4. The topological polar surface area (TPSA) is 109 Å².